The average Bonchev–Trinajstić information content (AvgIpc) is 3.80. The van der Waals surface area contributed by atoms with Crippen LogP contribution in [0.5, 0.6) is 0 Å². The topological polar surface area (TPSA) is 287 Å². The molecule has 5 fully saturated rings. The van der Waals surface area contributed by atoms with Gasteiger partial charge in [0.15, 0.2) is 18.9 Å². The van der Waals surface area contributed by atoms with Gasteiger partial charge in [0.05, 0.1) is 31.0 Å². The molecule has 0 spiro atoms. The van der Waals surface area contributed by atoms with E-state index in [4.69, 9.17) is 57.1 Å². The molecule has 0 aromatic carbocycles. The van der Waals surface area contributed by atoms with E-state index >= 15 is 0 Å². The largest absolute Gasteiger partial charge is 0.394 e. The molecule has 5 rings (SSSR count). The summed E-state index contributed by atoms with van der Waals surface area (Å²) >= 11 is 0. The highest BCUT2D eigenvalue weighted by Gasteiger charge is 2.53. The Labute approximate surface area is 251 Å². The molecule has 3 aliphatic heterocycles. The Hall–Kier alpha value is -0.640. The summed E-state index contributed by atoms with van der Waals surface area (Å²) in [7, 11) is 0. The van der Waals surface area contributed by atoms with Crippen molar-refractivity contribution in [3.63, 3.8) is 0 Å². The first-order chi connectivity index (χ1) is 20.4. The second kappa shape index (κ2) is 14.0. The summed E-state index contributed by atoms with van der Waals surface area (Å²) in [5.74, 6) is -0.283. The van der Waals surface area contributed by atoms with Crippen molar-refractivity contribution in [3.05, 3.63) is 0 Å². The van der Waals surface area contributed by atoms with Crippen LogP contribution in [0, 0.1) is 11.8 Å². The van der Waals surface area contributed by atoms with E-state index in [-0.39, 0.29) is 25.1 Å². The van der Waals surface area contributed by atoms with Crippen molar-refractivity contribution in [1.82, 2.24) is 0 Å². The third kappa shape index (κ3) is 7.05. The molecular formula is C27H51N5O11. The molecule has 43 heavy (non-hydrogen) atoms. The number of hydrogen-bond donors (Lipinski definition) is 10. The molecule has 0 amide bonds. The van der Waals surface area contributed by atoms with E-state index in [1.54, 1.807) is 6.92 Å². The minimum atomic E-state index is -1.47. The molecule has 0 aromatic rings. The van der Waals surface area contributed by atoms with Crippen molar-refractivity contribution in [2.24, 2.45) is 40.5 Å². The molecule has 18 atom stereocenters. The van der Waals surface area contributed by atoms with Gasteiger partial charge in [-0.3, -0.25) is 0 Å². The summed E-state index contributed by atoms with van der Waals surface area (Å²) < 4.78 is 36.2. The SMILES string of the molecule is C[C@H]1C(O[C@H]2[C@@H](O)[C@H](O[C@@H]3[C@@H](O)[C@H](N)C[C@H](N)[C@H]3O[C@H]3O[C@H]([C@@H](N)C4CC4)CC[C@H]3N)O[C@@H]2CO)O[C@@H](CN)[C@@H](O)[C@@H]1O. The predicted molar refractivity (Wildman–Crippen MR) is 148 cm³/mol. The van der Waals surface area contributed by atoms with Crippen LogP contribution in [0.15, 0.2) is 0 Å². The molecule has 250 valence electrons. The Morgan fingerprint density at radius 3 is 2.00 bits per heavy atom. The highest BCUT2D eigenvalue weighted by atomic mass is 16.8. The Morgan fingerprint density at radius 1 is 0.698 bits per heavy atom. The molecule has 3 heterocycles. The van der Waals surface area contributed by atoms with E-state index in [1.807, 2.05) is 0 Å². The van der Waals surface area contributed by atoms with Gasteiger partial charge in [-0.15, -0.1) is 0 Å². The Bertz CT molecular complexity index is 907. The molecule has 1 unspecified atom stereocenters. The molecule has 5 aliphatic rings. The molecule has 2 saturated carbocycles. The zero-order chi connectivity index (χ0) is 31.2. The minimum Gasteiger partial charge on any atom is -0.394 e. The number of hydrogen-bond acceptors (Lipinski definition) is 16. The van der Waals surface area contributed by atoms with Crippen LogP contribution in [0.25, 0.3) is 0 Å². The fourth-order valence-corrected chi connectivity index (χ4v) is 6.66. The molecule has 15 N–H and O–H groups in total. The van der Waals surface area contributed by atoms with Gasteiger partial charge in [0.2, 0.25) is 0 Å². The maximum Gasteiger partial charge on any atom is 0.187 e. The van der Waals surface area contributed by atoms with E-state index in [1.165, 1.54) is 0 Å². The van der Waals surface area contributed by atoms with E-state index in [9.17, 15) is 25.5 Å². The van der Waals surface area contributed by atoms with Crippen molar-refractivity contribution in [1.29, 1.82) is 0 Å². The summed E-state index contributed by atoms with van der Waals surface area (Å²) in [5.41, 5.74) is 31.1. The molecule has 16 nitrogen and oxygen atoms in total. The van der Waals surface area contributed by atoms with Gasteiger partial charge >= 0.3 is 0 Å². The van der Waals surface area contributed by atoms with Crippen LogP contribution in [0.4, 0.5) is 0 Å². The highest BCUT2D eigenvalue weighted by Crippen LogP contribution is 2.38. The number of rotatable bonds is 10. The summed E-state index contributed by atoms with van der Waals surface area (Å²) in [6, 6.07) is -2.02. The van der Waals surface area contributed by atoms with Crippen LogP contribution in [0.1, 0.15) is 39.0 Å². The molecule has 0 aromatic heterocycles. The lowest BCUT2D eigenvalue weighted by Gasteiger charge is -2.46. The van der Waals surface area contributed by atoms with Gasteiger partial charge in [-0.2, -0.15) is 0 Å². The van der Waals surface area contributed by atoms with Crippen LogP contribution >= 0.6 is 0 Å². The van der Waals surface area contributed by atoms with Crippen LogP contribution in [0.3, 0.4) is 0 Å². The normalized spacial score (nSPS) is 51.8. The fourth-order valence-electron chi connectivity index (χ4n) is 6.66. The summed E-state index contributed by atoms with van der Waals surface area (Å²) in [4.78, 5) is 0. The Kier molecular flexibility index (Phi) is 11.0. The van der Waals surface area contributed by atoms with Gasteiger partial charge in [0.1, 0.15) is 42.7 Å². The van der Waals surface area contributed by atoms with E-state index in [0.717, 1.165) is 12.8 Å². The number of aliphatic hydroxyl groups is 5. The van der Waals surface area contributed by atoms with Gasteiger partial charge in [0, 0.05) is 30.6 Å². The first-order valence-electron chi connectivity index (χ1n) is 15.4. The molecule has 3 saturated heterocycles. The van der Waals surface area contributed by atoms with E-state index in [2.05, 4.69) is 0 Å². The molecule has 0 bridgehead atoms. The quantitative estimate of drug-likeness (QED) is 0.110. The van der Waals surface area contributed by atoms with E-state index < -0.39 is 104 Å². The van der Waals surface area contributed by atoms with Gasteiger partial charge in [-0.05, 0) is 38.0 Å². The molecule has 0 radical (unpaired) electrons. The lowest BCUT2D eigenvalue weighted by molar-refractivity contribution is -0.297. The lowest BCUT2D eigenvalue weighted by atomic mass is 9.84. The summed E-state index contributed by atoms with van der Waals surface area (Å²) in [5, 5.41) is 53.1. The van der Waals surface area contributed by atoms with Crippen LogP contribution in [-0.4, -0.2) is 143 Å². The standard InChI is InChI=1S/C27H51N5O11/c1-9-18(34)20(36)15(7-28)39-25(9)42-23-16(8-33)40-27(21(23)37)43-24-19(35)12(30)6-13(31)22(24)41-26-11(29)4-5-14(38-26)17(32)10-2-3-10/h9-27,33-37H,2-8,28-32H2,1H3/t9-,11-,12-,13+,14+,15+,16-,17+,18-,19+,20-,21-,22-,23-,24-,25?,26-,27+/m1/s1. The van der Waals surface area contributed by atoms with Gasteiger partial charge in [-0.1, -0.05) is 6.92 Å². The lowest BCUT2D eigenvalue weighted by Crippen LogP contribution is -2.65. The van der Waals surface area contributed by atoms with Crippen molar-refractivity contribution in [2.45, 2.75) is 143 Å². The summed E-state index contributed by atoms with van der Waals surface area (Å²) in [6.45, 7) is 0.985. The average molecular weight is 622 g/mol. The maximum absolute atomic E-state index is 11.2. The molecule has 16 heteroatoms. The van der Waals surface area contributed by atoms with Gasteiger partial charge in [-0.25, -0.2) is 0 Å². The van der Waals surface area contributed by atoms with Gasteiger partial charge < -0.3 is 82.6 Å². The second-order valence-electron chi connectivity index (χ2n) is 12.9. The van der Waals surface area contributed by atoms with Crippen LogP contribution < -0.4 is 28.7 Å². The third-order valence-electron chi connectivity index (χ3n) is 9.69. The first kappa shape index (κ1) is 33.7. The summed E-state index contributed by atoms with van der Waals surface area (Å²) in [6.07, 6.45) is -10.2. The van der Waals surface area contributed by atoms with Crippen molar-refractivity contribution < 1.29 is 54.0 Å². The highest BCUT2D eigenvalue weighted by molar-refractivity contribution is 5.01. The van der Waals surface area contributed by atoms with Crippen molar-refractivity contribution in [2.75, 3.05) is 13.2 Å². The predicted octanol–water partition coefficient (Wildman–Crippen LogP) is -4.75. The number of aliphatic hydroxyl groups excluding tert-OH is 5. The number of ether oxygens (including phenoxy) is 6. The van der Waals surface area contributed by atoms with Crippen LogP contribution in [0.2, 0.25) is 0 Å². The molecule has 2 aliphatic carbocycles. The monoisotopic (exact) mass is 621 g/mol. The van der Waals surface area contributed by atoms with Crippen molar-refractivity contribution in [3.8, 4) is 0 Å². The van der Waals surface area contributed by atoms with Crippen LogP contribution in [-0.2, 0) is 28.4 Å². The smallest absolute Gasteiger partial charge is 0.187 e. The zero-order valence-electron chi connectivity index (χ0n) is 24.5. The Balaban J connectivity index is 1.28. The maximum atomic E-state index is 11.2. The molecular weight excluding hydrogens is 570 g/mol. The fraction of sp³-hybridized carbons (Fsp3) is 1.00. The van der Waals surface area contributed by atoms with Crippen molar-refractivity contribution >= 4 is 0 Å². The third-order valence-corrected chi connectivity index (χ3v) is 9.69. The second-order valence-corrected chi connectivity index (χ2v) is 12.9. The number of nitrogens with two attached hydrogens (primary N) is 5. The van der Waals surface area contributed by atoms with E-state index in [0.29, 0.717) is 18.8 Å². The minimum absolute atomic E-state index is 0.0766. The Morgan fingerprint density at radius 2 is 1.35 bits per heavy atom. The zero-order valence-corrected chi connectivity index (χ0v) is 24.5. The first-order valence-corrected chi connectivity index (χ1v) is 15.4. The van der Waals surface area contributed by atoms with Gasteiger partial charge in [0.25, 0.3) is 0 Å².